The van der Waals surface area contributed by atoms with E-state index in [1.165, 1.54) is 7.05 Å². The Bertz CT molecular complexity index is 668. The second kappa shape index (κ2) is 6.24. The van der Waals surface area contributed by atoms with E-state index in [9.17, 15) is 22.0 Å². The first kappa shape index (κ1) is 17.1. The highest BCUT2D eigenvalue weighted by atomic mass is 19.4. The minimum absolute atomic E-state index is 0.0397. The van der Waals surface area contributed by atoms with Crippen LogP contribution in [0.5, 0.6) is 0 Å². The van der Waals surface area contributed by atoms with Crippen molar-refractivity contribution < 1.29 is 22.0 Å². The summed E-state index contributed by atoms with van der Waals surface area (Å²) in [5.41, 5.74) is -1.40. The van der Waals surface area contributed by atoms with Gasteiger partial charge in [0.05, 0.1) is 11.2 Å². The maximum absolute atomic E-state index is 13.5. The van der Waals surface area contributed by atoms with E-state index in [1.807, 2.05) is 13.8 Å². The molecule has 7 heteroatoms. The van der Waals surface area contributed by atoms with Crippen LogP contribution in [0.3, 0.4) is 0 Å². The van der Waals surface area contributed by atoms with Gasteiger partial charge in [0.2, 0.25) is 0 Å². The number of rotatable bonds is 1. The van der Waals surface area contributed by atoms with Gasteiger partial charge in [0, 0.05) is 25.5 Å². The molecular weight excluding hydrogens is 291 g/mol. The van der Waals surface area contributed by atoms with Gasteiger partial charge in [-0.1, -0.05) is 13.8 Å². The maximum Gasteiger partial charge on any atom is 0.434 e. The molecule has 0 saturated carbocycles. The zero-order chi connectivity index (χ0) is 16.4. The Balaban J connectivity index is 0.00000106. The summed E-state index contributed by atoms with van der Waals surface area (Å²) < 4.78 is 66.0. The van der Waals surface area contributed by atoms with Gasteiger partial charge in [0.25, 0.3) is 0 Å². The summed E-state index contributed by atoms with van der Waals surface area (Å²) in [4.78, 5) is 3.19. The van der Waals surface area contributed by atoms with Crippen LogP contribution in [-0.4, -0.2) is 23.5 Å². The van der Waals surface area contributed by atoms with E-state index in [0.29, 0.717) is 6.07 Å². The van der Waals surface area contributed by atoms with Gasteiger partial charge in [-0.15, -0.1) is 0 Å². The van der Waals surface area contributed by atoms with Crippen molar-refractivity contribution in [2.24, 2.45) is 12.0 Å². The molecule has 1 aromatic heterocycles. The summed E-state index contributed by atoms with van der Waals surface area (Å²) in [5.74, 6) is -1.76. The number of aromatic nitrogens is 1. The molecule has 21 heavy (non-hydrogen) atoms. The second-order valence-corrected chi connectivity index (χ2v) is 3.98. The number of benzene rings is 1. The van der Waals surface area contributed by atoms with E-state index in [1.54, 1.807) is 0 Å². The van der Waals surface area contributed by atoms with E-state index in [0.717, 1.165) is 23.7 Å². The standard InChI is InChI=1S/C12H9F5N2.C2H6/c1-18-11(12(15,16)17)10-5-7-8(14)3-6(13)4-9(7)19(10)2;1-2/h3-5H,1-2H3;1-2H3. The van der Waals surface area contributed by atoms with Crippen LogP contribution in [0.4, 0.5) is 22.0 Å². The topological polar surface area (TPSA) is 17.3 Å². The Morgan fingerprint density at radius 2 is 1.67 bits per heavy atom. The smallest absolute Gasteiger partial charge is 0.342 e. The molecule has 0 saturated heterocycles. The van der Waals surface area contributed by atoms with E-state index in [2.05, 4.69) is 4.99 Å². The summed E-state index contributed by atoms with van der Waals surface area (Å²) in [6.07, 6.45) is -4.66. The molecule has 0 bridgehead atoms. The first-order chi connectivity index (χ1) is 9.75. The molecule has 2 aromatic rings. The third kappa shape index (κ3) is 3.22. The van der Waals surface area contributed by atoms with Crippen LogP contribution in [0.15, 0.2) is 23.2 Å². The lowest BCUT2D eigenvalue weighted by Gasteiger charge is -2.10. The molecule has 116 valence electrons. The molecular formula is C14H15F5N2. The number of alkyl halides is 3. The van der Waals surface area contributed by atoms with Gasteiger partial charge in [0.1, 0.15) is 11.6 Å². The quantitative estimate of drug-likeness (QED) is 0.546. The Labute approximate surface area is 118 Å². The summed E-state index contributed by atoms with van der Waals surface area (Å²) in [5, 5.41) is -0.0794. The van der Waals surface area contributed by atoms with E-state index in [-0.39, 0.29) is 16.6 Å². The Kier molecular flexibility index (Phi) is 5.09. The third-order valence-electron chi connectivity index (χ3n) is 2.81. The molecule has 0 aliphatic rings. The highest BCUT2D eigenvalue weighted by Crippen LogP contribution is 2.28. The number of aliphatic imine (C=N–C) groups is 1. The summed E-state index contributed by atoms with van der Waals surface area (Å²) in [7, 11) is 2.30. The van der Waals surface area contributed by atoms with Crippen molar-refractivity contribution in [3.63, 3.8) is 0 Å². The number of halogens is 5. The van der Waals surface area contributed by atoms with Gasteiger partial charge >= 0.3 is 6.18 Å². The largest absolute Gasteiger partial charge is 0.434 e. The second-order valence-electron chi connectivity index (χ2n) is 3.98. The van der Waals surface area contributed by atoms with Crippen LogP contribution < -0.4 is 0 Å². The highest BCUT2D eigenvalue weighted by molar-refractivity contribution is 6.06. The van der Waals surface area contributed by atoms with E-state index in [4.69, 9.17) is 0 Å². The average Bonchev–Trinajstić information content (AvgIpc) is 2.70. The van der Waals surface area contributed by atoms with Crippen molar-refractivity contribution in [2.45, 2.75) is 20.0 Å². The number of hydrogen-bond acceptors (Lipinski definition) is 1. The van der Waals surface area contributed by atoms with Crippen LogP contribution in [0.1, 0.15) is 19.5 Å². The number of hydrogen-bond donors (Lipinski definition) is 0. The van der Waals surface area contributed by atoms with Gasteiger partial charge in [-0.3, -0.25) is 4.99 Å². The molecule has 0 spiro atoms. The number of nitrogens with zero attached hydrogens (tertiary/aromatic N) is 2. The van der Waals surface area contributed by atoms with Crippen LogP contribution in [0.25, 0.3) is 10.9 Å². The van der Waals surface area contributed by atoms with Crippen LogP contribution >= 0.6 is 0 Å². The van der Waals surface area contributed by atoms with Gasteiger partial charge in [-0.25, -0.2) is 8.78 Å². The van der Waals surface area contributed by atoms with Crippen molar-refractivity contribution in [3.8, 4) is 0 Å². The Morgan fingerprint density at radius 1 is 1.10 bits per heavy atom. The van der Waals surface area contributed by atoms with Crippen molar-refractivity contribution in [1.29, 1.82) is 0 Å². The van der Waals surface area contributed by atoms with Crippen molar-refractivity contribution in [3.05, 3.63) is 35.5 Å². The molecule has 0 unspecified atom stereocenters. The molecule has 2 nitrogen and oxygen atoms in total. The third-order valence-corrected chi connectivity index (χ3v) is 2.81. The molecule has 0 aliphatic heterocycles. The molecule has 0 amide bonds. The van der Waals surface area contributed by atoms with Gasteiger partial charge in [-0.2, -0.15) is 13.2 Å². The minimum atomic E-state index is -4.66. The van der Waals surface area contributed by atoms with Crippen LogP contribution in [0.2, 0.25) is 0 Å². The molecule has 1 aromatic carbocycles. The molecule has 2 rings (SSSR count). The zero-order valence-corrected chi connectivity index (χ0v) is 12.0. The van der Waals surface area contributed by atoms with E-state index >= 15 is 0 Å². The molecule has 0 fully saturated rings. The van der Waals surface area contributed by atoms with E-state index < -0.39 is 23.5 Å². The maximum atomic E-state index is 13.5. The zero-order valence-electron chi connectivity index (χ0n) is 12.0. The molecule has 1 heterocycles. The van der Waals surface area contributed by atoms with Crippen LogP contribution in [0, 0.1) is 11.6 Å². The summed E-state index contributed by atoms with van der Waals surface area (Å²) in [6, 6.07) is 2.62. The summed E-state index contributed by atoms with van der Waals surface area (Å²) in [6.45, 7) is 4.00. The number of aryl methyl sites for hydroxylation is 1. The van der Waals surface area contributed by atoms with Crippen molar-refractivity contribution >= 4 is 16.6 Å². The lowest BCUT2D eigenvalue weighted by Crippen LogP contribution is -2.26. The Morgan fingerprint density at radius 3 is 2.14 bits per heavy atom. The fourth-order valence-electron chi connectivity index (χ4n) is 1.97. The fourth-order valence-corrected chi connectivity index (χ4v) is 1.97. The van der Waals surface area contributed by atoms with Crippen molar-refractivity contribution in [1.82, 2.24) is 4.57 Å². The first-order valence-corrected chi connectivity index (χ1v) is 6.24. The predicted octanol–water partition coefficient (Wildman–Crippen LogP) is 4.46. The molecule has 0 atom stereocenters. The SMILES string of the molecule is CC.CN=C(c1cc2c(F)cc(F)cc2n1C)C(F)(F)F. The lowest BCUT2D eigenvalue weighted by molar-refractivity contribution is -0.0583. The normalized spacial score (nSPS) is 12.3. The Hall–Kier alpha value is -1.92. The number of fused-ring (bicyclic) bond motifs is 1. The van der Waals surface area contributed by atoms with Gasteiger partial charge in [0.15, 0.2) is 5.71 Å². The molecule has 0 radical (unpaired) electrons. The lowest BCUT2D eigenvalue weighted by atomic mass is 10.2. The van der Waals surface area contributed by atoms with Gasteiger partial charge < -0.3 is 4.57 Å². The van der Waals surface area contributed by atoms with Crippen molar-refractivity contribution in [2.75, 3.05) is 7.05 Å². The van der Waals surface area contributed by atoms with Crippen LogP contribution in [-0.2, 0) is 7.05 Å². The molecule has 0 aliphatic carbocycles. The predicted molar refractivity (Wildman–Crippen MR) is 72.7 cm³/mol. The minimum Gasteiger partial charge on any atom is -0.342 e. The molecule has 0 N–H and O–H groups in total. The summed E-state index contributed by atoms with van der Waals surface area (Å²) >= 11 is 0. The highest BCUT2D eigenvalue weighted by Gasteiger charge is 2.38. The monoisotopic (exact) mass is 306 g/mol. The van der Waals surface area contributed by atoms with Gasteiger partial charge in [-0.05, 0) is 12.1 Å². The average molecular weight is 306 g/mol. The fraction of sp³-hybridized carbons (Fsp3) is 0.357. The first-order valence-electron chi connectivity index (χ1n) is 6.24.